The summed E-state index contributed by atoms with van der Waals surface area (Å²) in [5.74, 6) is 1.90. The zero-order valence-corrected chi connectivity index (χ0v) is 20.3. The van der Waals surface area contributed by atoms with Gasteiger partial charge in [0.1, 0.15) is 18.1 Å². The van der Waals surface area contributed by atoms with Crippen LogP contribution in [0.15, 0.2) is 72.8 Å². The van der Waals surface area contributed by atoms with Crippen molar-refractivity contribution >= 4 is 10.9 Å². The molecule has 0 bridgehead atoms. The van der Waals surface area contributed by atoms with Crippen molar-refractivity contribution in [3.8, 4) is 22.8 Å². The quantitative estimate of drug-likeness (QED) is 0.293. The van der Waals surface area contributed by atoms with E-state index >= 15 is 0 Å². The van der Waals surface area contributed by atoms with Crippen LogP contribution in [-0.2, 0) is 13.0 Å². The molecule has 0 saturated heterocycles. The number of likely N-dealkylation sites (N-methyl/N-ethyl adjacent to an activating group) is 1. The monoisotopic (exact) mass is 454 g/mol. The summed E-state index contributed by atoms with van der Waals surface area (Å²) in [5, 5.41) is 1.32. The maximum absolute atomic E-state index is 6.10. The maximum Gasteiger partial charge on any atom is 0.128 e. The molecule has 34 heavy (non-hydrogen) atoms. The van der Waals surface area contributed by atoms with E-state index in [0.717, 1.165) is 37.6 Å². The molecule has 1 aromatic heterocycles. The Kier molecular flexibility index (Phi) is 6.87. The smallest absolute Gasteiger partial charge is 0.128 e. The molecule has 4 nitrogen and oxygen atoms in total. The maximum atomic E-state index is 6.10. The Morgan fingerprint density at radius 2 is 1.74 bits per heavy atom. The predicted molar refractivity (Wildman–Crippen MR) is 140 cm³/mol. The van der Waals surface area contributed by atoms with Crippen molar-refractivity contribution in [3.63, 3.8) is 0 Å². The molecule has 176 valence electrons. The van der Waals surface area contributed by atoms with Crippen LogP contribution >= 0.6 is 0 Å². The van der Waals surface area contributed by atoms with Crippen LogP contribution in [0.4, 0.5) is 0 Å². The van der Waals surface area contributed by atoms with Crippen molar-refractivity contribution in [1.82, 2.24) is 9.47 Å². The van der Waals surface area contributed by atoms with Gasteiger partial charge in [0.2, 0.25) is 0 Å². The van der Waals surface area contributed by atoms with Gasteiger partial charge in [0.05, 0.1) is 12.3 Å². The Hall–Kier alpha value is -3.24. The highest BCUT2D eigenvalue weighted by Gasteiger charge is 2.23. The highest BCUT2D eigenvalue weighted by molar-refractivity contribution is 5.93. The van der Waals surface area contributed by atoms with Crippen molar-refractivity contribution in [2.24, 2.45) is 0 Å². The molecule has 0 spiro atoms. The number of unbranched alkanes of at least 4 members (excludes halogenated alkanes) is 1. The molecular formula is C30H34N2O2. The van der Waals surface area contributed by atoms with Crippen LogP contribution in [0.5, 0.6) is 11.5 Å². The first kappa shape index (κ1) is 22.5. The third-order valence-corrected chi connectivity index (χ3v) is 6.73. The van der Waals surface area contributed by atoms with Crippen LogP contribution in [0.1, 0.15) is 30.9 Å². The average Bonchev–Trinajstić information content (AvgIpc) is 3.04. The number of hydrogen-bond acceptors (Lipinski definition) is 3. The second-order valence-electron chi connectivity index (χ2n) is 9.17. The largest absolute Gasteiger partial charge is 0.493 e. The molecule has 3 aromatic carbocycles. The first-order valence-electron chi connectivity index (χ1n) is 12.5. The number of nitrogens with zero attached hydrogens (tertiary/aromatic N) is 2. The van der Waals surface area contributed by atoms with E-state index in [0.29, 0.717) is 13.2 Å². The highest BCUT2D eigenvalue weighted by atomic mass is 16.5. The van der Waals surface area contributed by atoms with E-state index in [1.807, 2.05) is 0 Å². The van der Waals surface area contributed by atoms with Gasteiger partial charge in [0.25, 0.3) is 0 Å². The van der Waals surface area contributed by atoms with Crippen molar-refractivity contribution < 1.29 is 9.47 Å². The summed E-state index contributed by atoms with van der Waals surface area (Å²) in [6, 6.07) is 25.8. The fourth-order valence-electron chi connectivity index (χ4n) is 4.88. The lowest BCUT2D eigenvalue weighted by atomic mass is 10.0. The van der Waals surface area contributed by atoms with Gasteiger partial charge in [-0.25, -0.2) is 0 Å². The highest BCUT2D eigenvalue weighted by Crippen LogP contribution is 2.41. The molecule has 1 aliphatic rings. The van der Waals surface area contributed by atoms with Crippen LogP contribution in [0.25, 0.3) is 22.2 Å². The first-order valence-corrected chi connectivity index (χ1v) is 12.5. The third kappa shape index (κ3) is 4.69. The fraction of sp³-hybridized carbons (Fsp3) is 0.333. The zero-order chi connectivity index (χ0) is 23.3. The second kappa shape index (κ2) is 10.4. The number of benzene rings is 3. The molecule has 0 N–H and O–H groups in total. The molecule has 5 rings (SSSR count). The number of para-hydroxylation sites is 2. The Morgan fingerprint density at radius 3 is 2.59 bits per heavy atom. The van der Waals surface area contributed by atoms with Crippen molar-refractivity contribution in [2.45, 2.75) is 32.7 Å². The van der Waals surface area contributed by atoms with E-state index in [4.69, 9.17) is 9.47 Å². The lowest BCUT2D eigenvalue weighted by Gasteiger charge is -2.17. The van der Waals surface area contributed by atoms with Gasteiger partial charge in [-0.05, 0) is 61.5 Å². The topological polar surface area (TPSA) is 26.6 Å². The number of ether oxygens (including phenoxy) is 2. The fourth-order valence-corrected chi connectivity index (χ4v) is 4.88. The number of hydrogen-bond donors (Lipinski definition) is 0. The molecule has 0 aliphatic carbocycles. The van der Waals surface area contributed by atoms with Gasteiger partial charge in [-0.2, -0.15) is 0 Å². The normalized spacial score (nSPS) is 12.8. The van der Waals surface area contributed by atoms with Crippen LogP contribution in [0.3, 0.4) is 0 Å². The second-order valence-corrected chi connectivity index (χ2v) is 9.17. The van der Waals surface area contributed by atoms with Gasteiger partial charge in [-0.1, -0.05) is 55.8 Å². The summed E-state index contributed by atoms with van der Waals surface area (Å²) in [6.07, 6.45) is 3.38. The SMILES string of the molecule is CCCCN(C)CCOc1ccc(Cn2c3c(c4ccccc42)CCOc2ccccc2-3)cc1. The summed E-state index contributed by atoms with van der Waals surface area (Å²) in [5.41, 5.74) is 6.38. The van der Waals surface area contributed by atoms with Gasteiger partial charge in [-0.3, -0.25) is 0 Å². The Morgan fingerprint density at radius 1 is 0.941 bits per heavy atom. The predicted octanol–water partition coefficient (Wildman–Crippen LogP) is 6.40. The van der Waals surface area contributed by atoms with Crippen LogP contribution in [-0.4, -0.2) is 42.8 Å². The Labute approximate surface area is 202 Å². The summed E-state index contributed by atoms with van der Waals surface area (Å²) in [6.45, 7) is 6.53. The van der Waals surface area contributed by atoms with Crippen LogP contribution in [0, 0.1) is 0 Å². The standard InChI is InChI=1S/C30H34N2O2/c1-3-4-18-31(2)19-21-33-24-15-13-23(14-16-24)22-32-28-11-7-5-9-25(28)26-17-20-34-29-12-8-6-10-27(29)30(26)32/h5-16H,3-4,17-22H2,1-2H3. The minimum Gasteiger partial charge on any atom is -0.493 e. The summed E-state index contributed by atoms with van der Waals surface area (Å²) in [7, 11) is 2.16. The number of fused-ring (bicyclic) bond motifs is 5. The minimum absolute atomic E-state index is 0.706. The molecule has 1 aliphatic heterocycles. The number of aromatic nitrogens is 1. The lowest BCUT2D eigenvalue weighted by molar-refractivity contribution is 0.235. The van der Waals surface area contributed by atoms with Crippen LogP contribution in [0.2, 0.25) is 0 Å². The molecule has 4 aromatic rings. The number of rotatable bonds is 9. The molecular weight excluding hydrogens is 420 g/mol. The van der Waals surface area contributed by atoms with Gasteiger partial charge >= 0.3 is 0 Å². The average molecular weight is 455 g/mol. The van der Waals surface area contributed by atoms with E-state index < -0.39 is 0 Å². The Bertz CT molecular complexity index is 1240. The van der Waals surface area contributed by atoms with E-state index in [1.54, 1.807) is 0 Å². The Balaban J connectivity index is 1.39. The summed E-state index contributed by atoms with van der Waals surface area (Å²) in [4.78, 5) is 2.34. The molecule has 0 radical (unpaired) electrons. The molecule has 0 fully saturated rings. The molecule has 0 atom stereocenters. The third-order valence-electron chi connectivity index (χ3n) is 6.73. The zero-order valence-electron chi connectivity index (χ0n) is 20.3. The molecule has 0 saturated carbocycles. The molecule has 4 heteroatoms. The lowest BCUT2D eigenvalue weighted by Crippen LogP contribution is -2.25. The van der Waals surface area contributed by atoms with Crippen molar-refractivity contribution in [2.75, 3.05) is 33.4 Å². The van der Waals surface area contributed by atoms with Gasteiger partial charge in [0, 0.05) is 36.0 Å². The van der Waals surface area contributed by atoms with Crippen molar-refractivity contribution in [1.29, 1.82) is 0 Å². The van der Waals surface area contributed by atoms with Gasteiger partial charge in [0.15, 0.2) is 0 Å². The van der Waals surface area contributed by atoms with Crippen LogP contribution < -0.4 is 9.47 Å². The van der Waals surface area contributed by atoms with E-state index in [9.17, 15) is 0 Å². The molecule has 0 unspecified atom stereocenters. The molecule has 0 amide bonds. The summed E-state index contributed by atoms with van der Waals surface area (Å²) < 4.78 is 14.6. The van der Waals surface area contributed by atoms with Gasteiger partial charge in [-0.15, -0.1) is 0 Å². The van der Waals surface area contributed by atoms with Gasteiger partial charge < -0.3 is 18.9 Å². The van der Waals surface area contributed by atoms with E-state index in [2.05, 4.69) is 96.2 Å². The molecule has 2 heterocycles. The van der Waals surface area contributed by atoms with E-state index in [1.165, 1.54) is 46.1 Å². The van der Waals surface area contributed by atoms with E-state index in [-0.39, 0.29) is 0 Å². The first-order chi connectivity index (χ1) is 16.7. The van der Waals surface area contributed by atoms with Crippen molar-refractivity contribution in [3.05, 3.63) is 83.9 Å². The minimum atomic E-state index is 0.706. The summed E-state index contributed by atoms with van der Waals surface area (Å²) >= 11 is 0.